The van der Waals surface area contributed by atoms with E-state index in [1.54, 1.807) is 0 Å². The van der Waals surface area contributed by atoms with Crippen molar-refractivity contribution in [1.29, 1.82) is 0 Å². The van der Waals surface area contributed by atoms with Gasteiger partial charge in [-0.25, -0.2) is 4.79 Å². The highest BCUT2D eigenvalue weighted by atomic mass is 16.7. The van der Waals surface area contributed by atoms with Gasteiger partial charge in [0.05, 0.1) is 31.8 Å². The van der Waals surface area contributed by atoms with Gasteiger partial charge in [-0.05, 0) is 104 Å². The van der Waals surface area contributed by atoms with E-state index in [4.69, 9.17) is 18.9 Å². The Balaban J connectivity index is 1.07. The van der Waals surface area contributed by atoms with E-state index in [0.29, 0.717) is 18.8 Å². The molecule has 18 unspecified atom stereocenters. The standard InChI is InChI=1S/C42H66O14/c1-37(2)14-16-42(36(50)51)17-15-40(5)21(22(42)18-37)8-9-25-38(3)12-11-26(39(4,20-43)24(38)10-13-41(25,40)6)55-34-30(47)27(44)23(19-53-34)54-35-31(48)28(45)29(46)32(56-35)33(49)52-7/h8,22-32,34-35,43-48H,9-20H2,1-7H3,(H,50,51). The van der Waals surface area contributed by atoms with Gasteiger partial charge < -0.3 is 59.4 Å². The van der Waals surface area contributed by atoms with Crippen molar-refractivity contribution in [3.05, 3.63) is 11.6 Å². The number of rotatable bonds is 7. The first kappa shape index (κ1) is 42.4. The number of allylic oxidation sites excluding steroid dienone is 2. The van der Waals surface area contributed by atoms with Crippen LogP contribution in [0.25, 0.3) is 0 Å². The lowest BCUT2D eigenvalue weighted by Crippen LogP contribution is -2.67. The van der Waals surface area contributed by atoms with E-state index >= 15 is 0 Å². The second-order valence-corrected chi connectivity index (χ2v) is 20.3. The fourth-order valence-corrected chi connectivity index (χ4v) is 13.5. The van der Waals surface area contributed by atoms with Gasteiger partial charge in [-0.1, -0.05) is 53.2 Å². The summed E-state index contributed by atoms with van der Waals surface area (Å²) in [6.07, 6.45) is -4.35. The number of methoxy groups -OCH3 is 1. The normalized spacial score (nSPS) is 52.7. The first-order valence-electron chi connectivity index (χ1n) is 20.7. The highest BCUT2D eigenvalue weighted by molar-refractivity contribution is 5.77. The van der Waals surface area contributed by atoms with Crippen molar-refractivity contribution < 1.29 is 69.0 Å². The molecule has 4 saturated carbocycles. The summed E-state index contributed by atoms with van der Waals surface area (Å²) in [5, 5.41) is 75.4. The summed E-state index contributed by atoms with van der Waals surface area (Å²) in [4.78, 5) is 25.2. The van der Waals surface area contributed by atoms with Crippen molar-refractivity contribution in [2.45, 2.75) is 167 Å². The maximum Gasteiger partial charge on any atom is 0.337 e. The number of aliphatic carboxylic acids is 1. The molecule has 318 valence electrons. The molecule has 0 amide bonds. The summed E-state index contributed by atoms with van der Waals surface area (Å²) < 4.78 is 28.2. The molecule has 0 aromatic heterocycles. The maximum atomic E-state index is 13.0. The molecule has 5 aliphatic carbocycles. The Morgan fingerprint density at radius 2 is 1.48 bits per heavy atom. The van der Waals surface area contributed by atoms with Gasteiger partial charge in [0.1, 0.15) is 36.6 Å². The number of carboxylic acids is 1. The number of hydrogen-bond acceptors (Lipinski definition) is 13. The number of hydrogen-bond donors (Lipinski definition) is 7. The Morgan fingerprint density at radius 3 is 2.14 bits per heavy atom. The van der Waals surface area contributed by atoms with Crippen LogP contribution in [0.1, 0.15) is 106 Å². The minimum Gasteiger partial charge on any atom is -0.481 e. The van der Waals surface area contributed by atoms with Gasteiger partial charge >= 0.3 is 11.9 Å². The van der Waals surface area contributed by atoms with Gasteiger partial charge in [-0.15, -0.1) is 0 Å². The Kier molecular flexibility index (Phi) is 11.0. The smallest absolute Gasteiger partial charge is 0.337 e. The van der Waals surface area contributed by atoms with Crippen LogP contribution in [0.4, 0.5) is 0 Å². The van der Waals surface area contributed by atoms with Crippen LogP contribution in [0.3, 0.4) is 0 Å². The molecule has 2 aliphatic heterocycles. The first-order chi connectivity index (χ1) is 26.1. The fraction of sp³-hybridized carbons (Fsp3) is 0.905. The molecule has 56 heavy (non-hydrogen) atoms. The molecule has 0 aromatic rings. The topological polar surface area (TPSA) is 222 Å². The molecular formula is C42H66O14. The van der Waals surface area contributed by atoms with Crippen LogP contribution >= 0.6 is 0 Å². The number of aliphatic hydroxyl groups is 6. The summed E-state index contributed by atoms with van der Waals surface area (Å²) in [6, 6.07) is 0. The SMILES string of the molecule is COC(=O)C1OC(OC2COC(OC3CCC4(C)C(CCC5(C)C4CC=C4C6CC(C)(C)CCC6(C(=O)O)CCC45C)C3(C)CO)C(O)C2O)C(O)C(O)C1O. The van der Waals surface area contributed by atoms with E-state index in [1.165, 1.54) is 5.57 Å². The van der Waals surface area contributed by atoms with Crippen LogP contribution in [-0.4, -0.2) is 129 Å². The van der Waals surface area contributed by atoms with E-state index in [2.05, 4.69) is 52.4 Å². The highest BCUT2D eigenvalue weighted by Gasteiger charge is 2.70. The summed E-state index contributed by atoms with van der Waals surface area (Å²) in [5.41, 5.74) is -0.330. The van der Waals surface area contributed by atoms with E-state index < -0.39 is 84.2 Å². The van der Waals surface area contributed by atoms with Crippen LogP contribution in [0.2, 0.25) is 0 Å². The average molecular weight is 795 g/mol. The maximum absolute atomic E-state index is 13.0. The van der Waals surface area contributed by atoms with Gasteiger partial charge in [0, 0.05) is 5.41 Å². The van der Waals surface area contributed by atoms with Gasteiger partial charge in [0.25, 0.3) is 0 Å². The van der Waals surface area contributed by atoms with Crippen molar-refractivity contribution in [3.63, 3.8) is 0 Å². The van der Waals surface area contributed by atoms with Crippen molar-refractivity contribution in [3.8, 4) is 0 Å². The molecule has 0 radical (unpaired) electrons. The molecule has 0 aromatic carbocycles. The number of esters is 1. The molecule has 7 aliphatic rings. The van der Waals surface area contributed by atoms with Crippen molar-refractivity contribution >= 4 is 11.9 Å². The lowest BCUT2D eigenvalue weighted by Gasteiger charge is -2.71. The number of carbonyl (C=O) groups excluding carboxylic acids is 1. The zero-order chi connectivity index (χ0) is 41.0. The second kappa shape index (κ2) is 14.5. The van der Waals surface area contributed by atoms with Crippen LogP contribution in [0, 0.1) is 50.2 Å². The van der Waals surface area contributed by atoms with E-state index in [9.17, 15) is 45.3 Å². The molecule has 7 N–H and O–H groups in total. The highest BCUT2D eigenvalue weighted by Crippen LogP contribution is 2.76. The molecule has 14 nitrogen and oxygen atoms in total. The van der Waals surface area contributed by atoms with Crippen molar-refractivity contribution in [1.82, 2.24) is 0 Å². The molecule has 6 fully saturated rings. The Labute approximate surface area is 329 Å². The van der Waals surface area contributed by atoms with Crippen LogP contribution < -0.4 is 0 Å². The second-order valence-electron chi connectivity index (χ2n) is 20.3. The zero-order valence-corrected chi connectivity index (χ0v) is 34.1. The Hall–Kier alpha value is -1.72. The van der Waals surface area contributed by atoms with E-state index in [0.717, 1.165) is 58.5 Å². The molecule has 2 saturated heterocycles. The predicted molar refractivity (Wildman–Crippen MR) is 198 cm³/mol. The predicted octanol–water partition coefficient (Wildman–Crippen LogP) is 2.67. The molecule has 2 heterocycles. The minimum atomic E-state index is -1.82. The molecular weight excluding hydrogens is 728 g/mol. The number of carboxylic acid groups (broad SMARTS) is 1. The molecule has 7 rings (SSSR count). The van der Waals surface area contributed by atoms with E-state index in [-0.39, 0.29) is 46.7 Å². The average Bonchev–Trinajstić information content (AvgIpc) is 3.15. The largest absolute Gasteiger partial charge is 0.481 e. The first-order valence-corrected chi connectivity index (χ1v) is 20.7. The lowest BCUT2D eigenvalue weighted by atomic mass is 9.33. The Morgan fingerprint density at radius 1 is 0.804 bits per heavy atom. The third-order valence-electron chi connectivity index (χ3n) is 17.2. The molecule has 18 atom stereocenters. The van der Waals surface area contributed by atoms with Crippen molar-refractivity contribution in [2.24, 2.45) is 50.2 Å². The quantitative estimate of drug-likeness (QED) is 0.112. The summed E-state index contributed by atoms with van der Waals surface area (Å²) in [7, 11) is 1.07. The molecule has 0 bridgehead atoms. The van der Waals surface area contributed by atoms with Crippen LogP contribution in [0.15, 0.2) is 11.6 Å². The van der Waals surface area contributed by atoms with Crippen LogP contribution in [-0.2, 0) is 33.3 Å². The number of fused-ring (bicyclic) bond motifs is 7. The number of ether oxygens (including phenoxy) is 5. The van der Waals surface area contributed by atoms with Gasteiger partial charge in [0.15, 0.2) is 18.7 Å². The number of carbonyl (C=O) groups is 2. The van der Waals surface area contributed by atoms with Gasteiger partial charge in [-0.3, -0.25) is 4.79 Å². The zero-order valence-electron chi connectivity index (χ0n) is 34.1. The van der Waals surface area contributed by atoms with Gasteiger partial charge in [-0.2, -0.15) is 0 Å². The third-order valence-corrected chi connectivity index (χ3v) is 17.2. The van der Waals surface area contributed by atoms with Crippen molar-refractivity contribution in [2.75, 3.05) is 20.3 Å². The van der Waals surface area contributed by atoms with Gasteiger partial charge in [0.2, 0.25) is 0 Å². The molecule has 14 heteroatoms. The Bertz CT molecular complexity index is 1550. The van der Waals surface area contributed by atoms with E-state index in [1.807, 2.05) is 0 Å². The molecule has 0 spiro atoms. The summed E-state index contributed by atoms with van der Waals surface area (Å²) in [6.45, 7) is 13.4. The summed E-state index contributed by atoms with van der Waals surface area (Å²) in [5.74, 6) is -1.24. The monoisotopic (exact) mass is 794 g/mol. The lowest BCUT2D eigenvalue weighted by molar-refractivity contribution is -0.349. The summed E-state index contributed by atoms with van der Waals surface area (Å²) >= 11 is 0. The minimum absolute atomic E-state index is 0.0245. The third kappa shape index (κ3) is 6.17. The van der Waals surface area contributed by atoms with Crippen LogP contribution in [0.5, 0.6) is 0 Å². The number of aliphatic hydroxyl groups excluding tert-OH is 6. The fourth-order valence-electron chi connectivity index (χ4n) is 13.5.